The molecule has 30 heavy (non-hydrogen) atoms. The van der Waals surface area contributed by atoms with E-state index in [1.165, 1.54) is 44.2 Å². The van der Waals surface area contributed by atoms with E-state index < -0.39 is 5.41 Å². The lowest BCUT2D eigenvalue weighted by atomic mass is 9.67. The maximum Gasteiger partial charge on any atom is 0.0714 e. The van der Waals surface area contributed by atoms with Crippen LogP contribution in [0.25, 0.3) is 21.9 Å². The Morgan fingerprint density at radius 1 is 0.533 bits per heavy atom. The molecule has 0 spiro atoms. The lowest BCUT2D eigenvalue weighted by molar-refractivity contribution is 0.769. The minimum Gasteiger partial charge on any atom is -0.0843 e. The van der Waals surface area contributed by atoms with Crippen molar-refractivity contribution in [2.45, 2.75) is 5.41 Å². The van der Waals surface area contributed by atoms with Crippen molar-refractivity contribution < 1.29 is 0 Å². The molecule has 0 nitrogen and oxygen atoms in total. The third-order valence-corrected chi connectivity index (χ3v) is 6.64. The molecule has 0 heterocycles. The Morgan fingerprint density at radius 2 is 1.17 bits per heavy atom. The first-order valence-corrected chi connectivity index (χ1v) is 10.6. The topological polar surface area (TPSA) is 0 Å². The van der Waals surface area contributed by atoms with Gasteiger partial charge < -0.3 is 0 Å². The Kier molecular flexibility index (Phi) is 3.84. The zero-order valence-electron chi connectivity index (χ0n) is 16.3. The van der Waals surface area contributed by atoms with E-state index in [4.69, 9.17) is 11.6 Å². The predicted octanol–water partition coefficient (Wildman–Crippen LogP) is 7.86. The summed E-state index contributed by atoms with van der Waals surface area (Å²) in [6.45, 7) is 0. The van der Waals surface area contributed by atoms with E-state index in [0.717, 1.165) is 5.02 Å². The SMILES string of the molecule is Clc1ccc2c(c1)C(c1ccccc1)(c1ccccc1)c1ccc3ccccc3c1-2. The third kappa shape index (κ3) is 2.29. The zero-order chi connectivity index (χ0) is 20.1. The highest BCUT2D eigenvalue weighted by molar-refractivity contribution is 6.31. The van der Waals surface area contributed by atoms with E-state index >= 15 is 0 Å². The molecular formula is C29H19Cl. The molecule has 0 bridgehead atoms. The first-order chi connectivity index (χ1) is 14.8. The minimum atomic E-state index is -0.401. The maximum absolute atomic E-state index is 6.59. The predicted molar refractivity (Wildman–Crippen MR) is 126 cm³/mol. The van der Waals surface area contributed by atoms with Gasteiger partial charge in [-0.15, -0.1) is 0 Å². The summed E-state index contributed by atoms with van der Waals surface area (Å²) in [6.07, 6.45) is 0. The van der Waals surface area contributed by atoms with E-state index in [9.17, 15) is 0 Å². The van der Waals surface area contributed by atoms with E-state index in [1.807, 2.05) is 6.07 Å². The fourth-order valence-electron chi connectivity index (χ4n) is 5.23. The van der Waals surface area contributed by atoms with Crippen LogP contribution in [0.1, 0.15) is 22.3 Å². The van der Waals surface area contributed by atoms with Crippen molar-refractivity contribution in [1.82, 2.24) is 0 Å². The van der Waals surface area contributed by atoms with E-state index in [2.05, 4.69) is 109 Å². The average Bonchev–Trinajstić information content (AvgIpc) is 3.11. The van der Waals surface area contributed by atoms with Crippen LogP contribution in [0.5, 0.6) is 0 Å². The van der Waals surface area contributed by atoms with Gasteiger partial charge in [0, 0.05) is 5.02 Å². The lowest BCUT2D eigenvalue weighted by Gasteiger charge is -2.34. The summed E-state index contributed by atoms with van der Waals surface area (Å²) < 4.78 is 0. The number of hydrogen-bond donors (Lipinski definition) is 0. The normalized spacial score (nSPS) is 13.8. The van der Waals surface area contributed by atoms with E-state index in [1.54, 1.807) is 0 Å². The van der Waals surface area contributed by atoms with Crippen LogP contribution in [0.2, 0.25) is 5.02 Å². The van der Waals surface area contributed by atoms with Crippen LogP contribution in [-0.2, 0) is 5.41 Å². The van der Waals surface area contributed by atoms with Crippen molar-refractivity contribution in [3.63, 3.8) is 0 Å². The van der Waals surface area contributed by atoms with Crippen LogP contribution in [0.3, 0.4) is 0 Å². The molecule has 1 aliphatic rings. The monoisotopic (exact) mass is 402 g/mol. The quantitative estimate of drug-likeness (QED) is 0.276. The highest BCUT2D eigenvalue weighted by Crippen LogP contribution is 2.58. The van der Waals surface area contributed by atoms with Gasteiger partial charge in [-0.2, -0.15) is 0 Å². The van der Waals surface area contributed by atoms with Crippen molar-refractivity contribution in [1.29, 1.82) is 0 Å². The summed E-state index contributed by atoms with van der Waals surface area (Å²) in [5.41, 5.74) is 7.26. The van der Waals surface area contributed by atoms with E-state index in [0.29, 0.717) is 0 Å². The van der Waals surface area contributed by atoms with E-state index in [-0.39, 0.29) is 0 Å². The molecule has 1 heteroatoms. The first-order valence-electron chi connectivity index (χ1n) is 10.2. The van der Waals surface area contributed by atoms with Gasteiger partial charge in [0.2, 0.25) is 0 Å². The van der Waals surface area contributed by atoms with Crippen molar-refractivity contribution in [3.05, 3.63) is 143 Å². The summed E-state index contributed by atoms with van der Waals surface area (Å²) >= 11 is 6.59. The minimum absolute atomic E-state index is 0.401. The summed E-state index contributed by atoms with van der Waals surface area (Å²) in [7, 11) is 0. The Morgan fingerprint density at radius 3 is 1.87 bits per heavy atom. The molecule has 5 aromatic rings. The average molecular weight is 403 g/mol. The third-order valence-electron chi connectivity index (χ3n) is 6.40. The Labute approximate surface area is 181 Å². The summed E-state index contributed by atoms with van der Waals surface area (Å²) in [4.78, 5) is 0. The van der Waals surface area contributed by atoms with Gasteiger partial charge >= 0.3 is 0 Å². The molecule has 0 amide bonds. The summed E-state index contributed by atoms with van der Waals surface area (Å²) in [5, 5.41) is 3.31. The number of benzene rings is 5. The number of rotatable bonds is 2. The van der Waals surface area contributed by atoms with Gasteiger partial charge in [0.15, 0.2) is 0 Å². The van der Waals surface area contributed by atoms with Gasteiger partial charge in [0.25, 0.3) is 0 Å². The second-order valence-corrected chi connectivity index (χ2v) is 8.32. The molecular weight excluding hydrogens is 384 g/mol. The van der Waals surface area contributed by atoms with Gasteiger partial charge in [0.1, 0.15) is 0 Å². The van der Waals surface area contributed by atoms with Crippen LogP contribution >= 0.6 is 11.6 Å². The largest absolute Gasteiger partial charge is 0.0843 e. The molecule has 6 rings (SSSR count). The molecule has 0 radical (unpaired) electrons. The first kappa shape index (κ1) is 17.5. The highest BCUT2D eigenvalue weighted by atomic mass is 35.5. The Balaban J connectivity index is 1.86. The molecule has 142 valence electrons. The zero-order valence-corrected chi connectivity index (χ0v) is 17.1. The van der Waals surface area contributed by atoms with Gasteiger partial charge in [0.05, 0.1) is 5.41 Å². The van der Waals surface area contributed by atoms with Crippen LogP contribution < -0.4 is 0 Å². The number of fused-ring (bicyclic) bond motifs is 5. The number of hydrogen-bond acceptors (Lipinski definition) is 0. The molecule has 0 aliphatic heterocycles. The van der Waals surface area contributed by atoms with Crippen molar-refractivity contribution >= 4 is 22.4 Å². The van der Waals surface area contributed by atoms with Crippen LogP contribution in [0, 0.1) is 0 Å². The van der Waals surface area contributed by atoms with Crippen LogP contribution in [-0.4, -0.2) is 0 Å². The number of halogens is 1. The van der Waals surface area contributed by atoms with Crippen LogP contribution in [0.4, 0.5) is 0 Å². The molecule has 0 unspecified atom stereocenters. The van der Waals surface area contributed by atoms with Gasteiger partial charge in [-0.1, -0.05) is 115 Å². The van der Waals surface area contributed by atoms with Gasteiger partial charge in [-0.05, 0) is 56.3 Å². The fraction of sp³-hybridized carbons (Fsp3) is 0.0345. The molecule has 5 aromatic carbocycles. The smallest absolute Gasteiger partial charge is 0.0714 e. The van der Waals surface area contributed by atoms with Crippen molar-refractivity contribution in [2.75, 3.05) is 0 Å². The Hall–Kier alpha value is -3.35. The second-order valence-electron chi connectivity index (χ2n) is 7.88. The second kappa shape index (κ2) is 6.58. The molecule has 0 aromatic heterocycles. The molecule has 0 saturated carbocycles. The molecule has 0 N–H and O–H groups in total. The lowest BCUT2D eigenvalue weighted by Crippen LogP contribution is -2.28. The maximum atomic E-state index is 6.59. The van der Waals surface area contributed by atoms with Crippen molar-refractivity contribution in [3.8, 4) is 11.1 Å². The van der Waals surface area contributed by atoms with Crippen LogP contribution in [0.15, 0.2) is 115 Å². The van der Waals surface area contributed by atoms with Gasteiger partial charge in [-0.25, -0.2) is 0 Å². The van der Waals surface area contributed by atoms with Crippen molar-refractivity contribution in [2.24, 2.45) is 0 Å². The summed E-state index contributed by atoms with van der Waals surface area (Å²) in [6, 6.07) is 41.2. The van der Waals surface area contributed by atoms with Gasteiger partial charge in [-0.3, -0.25) is 0 Å². The molecule has 1 aliphatic carbocycles. The molecule has 0 saturated heterocycles. The Bertz CT molecular complexity index is 1350. The molecule has 0 atom stereocenters. The fourth-order valence-corrected chi connectivity index (χ4v) is 5.40. The molecule has 0 fully saturated rings. The highest BCUT2D eigenvalue weighted by Gasteiger charge is 2.46. The standard InChI is InChI=1S/C29H19Cl/c30-23-16-17-25-27(19-23)29(21-10-3-1-4-11-21,22-12-5-2-6-13-22)26-18-15-20-9-7-8-14-24(20)28(25)26/h1-19H. The summed E-state index contributed by atoms with van der Waals surface area (Å²) in [5.74, 6) is 0.